The van der Waals surface area contributed by atoms with Gasteiger partial charge in [0.15, 0.2) is 0 Å². The predicted molar refractivity (Wildman–Crippen MR) is 117 cm³/mol. The van der Waals surface area contributed by atoms with Gasteiger partial charge in [-0.05, 0) is 65.5 Å². The lowest BCUT2D eigenvalue weighted by molar-refractivity contribution is 0.0766. The summed E-state index contributed by atoms with van der Waals surface area (Å²) in [7, 11) is 0. The molecule has 4 rings (SSSR count). The van der Waals surface area contributed by atoms with Crippen molar-refractivity contribution in [3.05, 3.63) is 39.7 Å². The van der Waals surface area contributed by atoms with Crippen LogP contribution in [0.4, 0.5) is 4.39 Å². The number of hydrogen-bond acceptors (Lipinski definition) is 5. The molecule has 162 valence electrons. The van der Waals surface area contributed by atoms with Crippen LogP contribution < -0.4 is 5.56 Å². The summed E-state index contributed by atoms with van der Waals surface area (Å²) in [5, 5.41) is 0.244. The molecule has 1 aliphatic carbocycles. The summed E-state index contributed by atoms with van der Waals surface area (Å²) in [5.74, 6) is 0.228. The maximum absolute atomic E-state index is 14.5. The van der Waals surface area contributed by atoms with Crippen molar-refractivity contribution in [2.24, 2.45) is 4.40 Å². The first-order valence-corrected chi connectivity index (χ1v) is 11.6. The second kappa shape index (κ2) is 8.05. The van der Waals surface area contributed by atoms with Gasteiger partial charge >= 0.3 is 0 Å². The van der Waals surface area contributed by atoms with Crippen LogP contribution in [0.25, 0.3) is 10.9 Å². The number of halogens is 1. The molecule has 2 aromatic rings. The van der Waals surface area contributed by atoms with Crippen molar-refractivity contribution in [3.8, 4) is 0 Å². The number of nitrogens with zero attached hydrogens (tertiary/aromatic N) is 3. The van der Waals surface area contributed by atoms with Crippen LogP contribution in [-0.2, 0) is 16.1 Å². The molecule has 2 unspecified atom stereocenters. The third kappa shape index (κ3) is 4.18. The van der Waals surface area contributed by atoms with Crippen LogP contribution in [0.2, 0.25) is 0 Å². The molecule has 2 atom stereocenters. The van der Waals surface area contributed by atoms with E-state index in [1.54, 1.807) is 11.5 Å². The van der Waals surface area contributed by atoms with Gasteiger partial charge in [-0.25, -0.2) is 9.37 Å². The predicted octanol–water partition coefficient (Wildman–Crippen LogP) is 4.04. The minimum Gasteiger partial charge on any atom is -0.591 e. The van der Waals surface area contributed by atoms with Crippen molar-refractivity contribution in [1.29, 1.82) is 0 Å². The van der Waals surface area contributed by atoms with Gasteiger partial charge in [-0.2, -0.15) is 0 Å². The molecule has 0 amide bonds. The Bertz CT molecular complexity index is 1050. The SMILES string of the molecule is CC(=N[S+]([O-])C(C)(C)C)c1cc(F)cc2c(=O)n(C3CC3)c(C3CCCOC3)nc12. The van der Waals surface area contributed by atoms with Crippen LogP contribution in [0, 0.1) is 5.82 Å². The summed E-state index contributed by atoms with van der Waals surface area (Å²) in [4.78, 5) is 18.3. The number of ether oxygens (including phenoxy) is 1. The van der Waals surface area contributed by atoms with Gasteiger partial charge in [-0.3, -0.25) is 9.36 Å². The molecule has 1 saturated heterocycles. The largest absolute Gasteiger partial charge is 0.591 e. The smallest absolute Gasteiger partial charge is 0.261 e. The van der Waals surface area contributed by atoms with Gasteiger partial charge in [0.25, 0.3) is 5.56 Å². The minimum absolute atomic E-state index is 0.0373. The average molecular weight is 434 g/mol. The summed E-state index contributed by atoms with van der Waals surface area (Å²) in [6, 6.07) is 2.71. The zero-order valence-corrected chi connectivity index (χ0v) is 18.7. The maximum Gasteiger partial charge on any atom is 0.261 e. The first kappa shape index (κ1) is 21.5. The molecule has 2 heterocycles. The van der Waals surface area contributed by atoms with E-state index in [2.05, 4.69) is 4.40 Å². The van der Waals surface area contributed by atoms with E-state index >= 15 is 0 Å². The quantitative estimate of drug-likeness (QED) is 0.538. The van der Waals surface area contributed by atoms with Crippen LogP contribution in [0.5, 0.6) is 0 Å². The number of benzene rings is 1. The van der Waals surface area contributed by atoms with Crippen molar-refractivity contribution >= 4 is 28.0 Å². The van der Waals surface area contributed by atoms with Crippen molar-refractivity contribution in [2.75, 3.05) is 13.2 Å². The Hall–Kier alpha value is -1.77. The van der Waals surface area contributed by atoms with Crippen LogP contribution in [-0.4, -0.2) is 37.8 Å². The monoisotopic (exact) mass is 433 g/mol. The molecule has 0 N–H and O–H groups in total. The highest BCUT2D eigenvalue weighted by Gasteiger charge is 2.33. The van der Waals surface area contributed by atoms with E-state index in [0.29, 0.717) is 29.2 Å². The van der Waals surface area contributed by atoms with Crippen molar-refractivity contribution in [2.45, 2.75) is 70.1 Å². The zero-order valence-electron chi connectivity index (χ0n) is 17.9. The normalized spacial score (nSPS) is 21.8. The minimum atomic E-state index is -1.50. The Morgan fingerprint density at radius 2 is 2.07 bits per heavy atom. The second-order valence-corrected chi connectivity index (χ2v) is 11.1. The molecule has 1 aliphatic heterocycles. The molecule has 0 bridgehead atoms. The van der Waals surface area contributed by atoms with E-state index in [-0.39, 0.29) is 22.9 Å². The lowest BCUT2D eigenvalue weighted by Gasteiger charge is -2.25. The molecule has 1 aromatic heterocycles. The lowest BCUT2D eigenvalue weighted by Crippen LogP contribution is -2.30. The molecule has 2 fully saturated rings. The average Bonchev–Trinajstić information content (AvgIpc) is 3.52. The van der Waals surface area contributed by atoms with Gasteiger partial charge in [0.2, 0.25) is 0 Å². The number of rotatable bonds is 4. The van der Waals surface area contributed by atoms with Gasteiger partial charge in [0, 0.05) is 24.1 Å². The van der Waals surface area contributed by atoms with Gasteiger partial charge < -0.3 is 9.29 Å². The Morgan fingerprint density at radius 3 is 2.67 bits per heavy atom. The van der Waals surface area contributed by atoms with E-state index in [1.165, 1.54) is 12.1 Å². The summed E-state index contributed by atoms with van der Waals surface area (Å²) in [5.41, 5.74) is 1.04. The highest BCUT2D eigenvalue weighted by atomic mass is 32.2. The van der Waals surface area contributed by atoms with Gasteiger partial charge in [-0.15, -0.1) is 0 Å². The lowest BCUT2D eigenvalue weighted by atomic mass is 9.99. The number of fused-ring (bicyclic) bond motifs is 1. The summed E-state index contributed by atoms with van der Waals surface area (Å²) < 4.78 is 38.2. The molecule has 6 nitrogen and oxygen atoms in total. The van der Waals surface area contributed by atoms with Crippen LogP contribution in [0.3, 0.4) is 0 Å². The molecule has 1 aromatic carbocycles. The summed E-state index contributed by atoms with van der Waals surface area (Å²) in [6.07, 6.45) is 3.69. The van der Waals surface area contributed by atoms with E-state index in [4.69, 9.17) is 9.72 Å². The molecular weight excluding hydrogens is 405 g/mol. The Balaban J connectivity index is 1.93. The summed E-state index contributed by atoms with van der Waals surface area (Å²) in [6.45, 7) is 8.43. The number of aromatic nitrogens is 2. The fourth-order valence-electron chi connectivity index (χ4n) is 3.79. The van der Waals surface area contributed by atoms with Gasteiger partial charge in [0.05, 0.1) is 23.2 Å². The van der Waals surface area contributed by atoms with Crippen LogP contribution >= 0.6 is 0 Å². The van der Waals surface area contributed by atoms with Crippen molar-refractivity contribution < 1.29 is 13.7 Å². The Morgan fingerprint density at radius 1 is 1.33 bits per heavy atom. The van der Waals surface area contributed by atoms with E-state index in [0.717, 1.165) is 32.3 Å². The van der Waals surface area contributed by atoms with Crippen LogP contribution in [0.1, 0.15) is 76.7 Å². The molecule has 2 aliphatic rings. The van der Waals surface area contributed by atoms with Crippen molar-refractivity contribution in [3.63, 3.8) is 0 Å². The molecule has 1 saturated carbocycles. The third-order valence-electron chi connectivity index (χ3n) is 5.57. The standard InChI is InChI=1S/C22H28FN3O3S/c1-13(25-30(28)22(2,3)4)17-10-15(23)11-18-19(17)24-20(14-6-5-9-29-12-14)26(21(18)27)16-7-8-16/h10-11,14,16H,5-9,12H2,1-4H3. The van der Waals surface area contributed by atoms with E-state index in [9.17, 15) is 13.7 Å². The van der Waals surface area contributed by atoms with Gasteiger partial charge in [0.1, 0.15) is 27.8 Å². The van der Waals surface area contributed by atoms with Crippen molar-refractivity contribution in [1.82, 2.24) is 9.55 Å². The second-order valence-electron chi connectivity index (χ2n) is 9.18. The highest BCUT2D eigenvalue weighted by molar-refractivity contribution is 7.91. The third-order valence-corrected chi connectivity index (χ3v) is 7.06. The number of hydrogen-bond donors (Lipinski definition) is 0. The fraction of sp³-hybridized carbons (Fsp3) is 0.591. The zero-order chi connectivity index (χ0) is 21.6. The molecular formula is C22H28FN3O3S. The topological polar surface area (TPSA) is 79.5 Å². The first-order valence-electron chi connectivity index (χ1n) is 10.5. The van der Waals surface area contributed by atoms with E-state index in [1.807, 2.05) is 20.8 Å². The van der Waals surface area contributed by atoms with Crippen LogP contribution in [0.15, 0.2) is 21.3 Å². The molecule has 0 radical (unpaired) electrons. The summed E-state index contributed by atoms with van der Waals surface area (Å²) >= 11 is -1.50. The highest BCUT2D eigenvalue weighted by Crippen LogP contribution is 2.38. The fourth-order valence-corrected chi connectivity index (χ4v) is 4.41. The Labute approximate surface area is 178 Å². The van der Waals surface area contributed by atoms with E-state index < -0.39 is 21.9 Å². The molecule has 30 heavy (non-hydrogen) atoms. The Kier molecular flexibility index (Phi) is 5.76. The first-order chi connectivity index (χ1) is 14.2. The maximum atomic E-state index is 14.5. The molecule has 8 heteroatoms. The molecule has 0 spiro atoms. The van der Waals surface area contributed by atoms with Gasteiger partial charge in [-0.1, -0.05) is 4.40 Å².